The standard InChI is InChI=1S/C12H17ClN2O2/c1-3-17-7-8(2)15-12(16)11-9(13)5-4-6-10(11)14/h4-6,8H,3,7,14H2,1-2H3,(H,15,16). The fraction of sp³-hybridized carbons (Fsp3) is 0.417. The molecule has 0 aliphatic heterocycles. The van der Waals surface area contributed by atoms with Gasteiger partial charge in [-0.1, -0.05) is 17.7 Å². The first-order chi connectivity index (χ1) is 8.06. The van der Waals surface area contributed by atoms with E-state index in [0.29, 0.717) is 29.5 Å². The Labute approximate surface area is 106 Å². The molecule has 3 N–H and O–H groups in total. The molecule has 0 saturated carbocycles. The summed E-state index contributed by atoms with van der Waals surface area (Å²) in [6.45, 7) is 4.85. The van der Waals surface area contributed by atoms with Crippen LogP contribution in [0.5, 0.6) is 0 Å². The summed E-state index contributed by atoms with van der Waals surface area (Å²) in [6, 6.07) is 4.91. The zero-order valence-electron chi connectivity index (χ0n) is 10.00. The molecule has 0 fully saturated rings. The number of anilines is 1. The molecule has 0 radical (unpaired) electrons. The smallest absolute Gasteiger partial charge is 0.255 e. The third kappa shape index (κ3) is 3.91. The summed E-state index contributed by atoms with van der Waals surface area (Å²) < 4.78 is 5.21. The SMILES string of the molecule is CCOCC(C)NC(=O)c1c(N)cccc1Cl. The summed E-state index contributed by atoms with van der Waals surface area (Å²) in [5, 5.41) is 3.14. The maximum atomic E-state index is 11.9. The Balaban J connectivity index is 2.70. The average molecular weight is 257 g/mol. The van der Waals surface area contributed by atoms with Gasteiger partial charge >= 0.3 is 0 Å². The number of halogens is 1. The molecule has 0 spiro atoms. The van der Waals surface area contributed by atoms with Crippen molar-refractivity contribution in [3.8, 4) is 0 Å². The number of rotatable bonds is 5. The van der Waals surface area contributed by atoms with E-state index in [4.69, 9.17) is 22.1 Å². The molecule has 0 aromatic heterocycles. The summed E-state index contributed by atoms with van der Waals surface area (Å²) in [5.74, 6) is -0.277. The van der Waals surface area contributed by atoms with E-state index in [0.717, 1.165) is 0 Å². The monoisotopic (exact) mass is 256 g/mol. The molecule has 5 heteroatoms. The number of ether oxygens (including phenoxy) is 1. The van der Waals surface area contributed by atoms with Crippen molar-refractivity contribution in [2.45, 2.75) is 19.9 Å². The predicted molar refractivity (Wildman–Crippen MR) is 69.3 cm³/mol. The minimum atomic E-state index is -0.277. The van der Waals surface area contributed by atoms with Gasteiger partial charge in [-0.05, 0) is 26.0 Å². The van der Waals surface area contributed by atoms with E-state index in [1.165, 1.54) is 0 Å². The van der Waals surface area contributed by atoms with Crippen LogP contribution in [0.2, 0.25) is 5.02 Å². The van der Waals surface area contributed by atoms with Crippen LogP contribution in [0.4, 0.5) is 5.69 Å². The highest BCUT2D eigenvalue weighted by Gasteiger charge is 2.15. The topological polar surface area (TPSA) is 64.3 Å². The third-order valence-corrected chi connectivity index (χ3v) is 2.54. The first-order valence-corrected chi connectivity index (χ1v) is 5.86. The van der Waals surface area contributed by atoms with Crippen molar-refractivity contribution in [2.75, 3.05) is 18.9 Å². The molecule has 0 aliphatic carbocycles. The fourth-order valence-electron chi connectivity index (χ4n) is 1.41. The second-order valence-corrected chi connectivity index (χ2v) is 4.15. The van der Waals surface area contributed by atoms with E-state index >= 15 is 0 Å². The number of hydrogen-bond acceptors (Lipinski definition) is 3. The highest BCUT2D eigenvalue weighted by atomic mass is 35.5. The van der Waals surface area contributed by atoms with Crippen LogP contribution in [0.25, 0.3) is 0 Å². The molecule has 4 nitrogen and oxygen atoms in total. The van der Waals surface area contributed by atoms with E-state index in [1.54, 1.807) is 18.2 Å². The van der Waals surface area contributed by atoms with Gasteiger partial charge < -0.3 is 15.8 Å². The van der Waals surface area contributed by atoms with Gasteiger partial charge in [0.2, 0.25) is 0 Å². The van der Waals surface area contributed by atoms with Crippen molar-refractivity contribution in [3.63, 3.8) is 0 Å². The number of hydrogen-bond donors (Lipinski definition) is 2. The van der Waals surface area contributed by atoms with Gasteiger partial charge in [-0.3, -0.25) is 4.79 Å². The van der Waals surface area contributed by atoms with Crippen molar-refractivity contribution < 1.29 is 9.53 Å². The van der Waals surface area contributed by atoms with Crippen molar-refractivity contribution >= 4 is 23.2 Å². The van der Waals surface area contributed by atoms with Gasteiger partial charge in [0.25, 0.3) is 5.91 Å². The summed E-state index contributed by atoms with van der Waals surface area (Å²) in [5.41, 5.74) is 6.41. The van der Waals surface area contributed by atoms with Crippen LogP contribution in [0.3, 0.4) is 0 Å². The number of amides is 1. The van der Waals surface area contributed by atoms with Crippen molar-refractivity contribution in [2.24, 2.45) is 0 Å². The lowest BCUT2D eigenvalue weighted by Crippen LogP contribution is -2.36. The summed E-state index contributed by atoms with van der Waals surface area (Å²) in [6.07, 6.45) is 0. The Kier molecular flexibility index (Phi) is 5.25. The third-order valence-electron chi connectivity index (χ3n) is 2.22. The van der Waals surface area contributed by atoms with E-state index in [-0.39, 0.29) is 11.9 Å². The Bertz CT molecular complexity index is 376. The van der Waals surface area contributed by atoms with E-state index in [1.807, 2.05) is 13.8 Å². The number of nitrogens with one attached hydrogen (secondary N) is 1. The molecule has 94 valence electrons. The molecule has 1 aromatic carbocycles. The van der Waals surface area contributed by atoms with Crippen LogP contribution < -0.4 is 11.1 Å². The van der Waals surface area contributed by atoms with E-state index in [9.17, 15) is 4.79 Å². The Morgan fingerprint density at radius 2 is 2.29 bits per heavy atom. The van der Waals surface area contributed by atoms with Crippen molar-refractivity contribution in [1.82, 2.24) is 5.32 Å². The number of benzene rings is 1. The van der Waals surface area contributed by atoms with Crippen LogP contribution in [0.15, 0.2) is 18.2 Å². The van der Waals surface area contributed by atoms with E-state index in [2.05, 4.69) is 5.32 Å². The molecule has 1 amide bonds. The Hall–Kier alpha value is -1.26. The number of carbonyl (C=O) groups is 1. The molecule has 0 bridgehead atoms. The molecule has 0 heterocycles. The number of nitrogen functional groups attached to an aromatic ring is 1. The lowest BCUT2D eigenvalue weighted by Gasteiger charge is -2.15. The van der Waals surface area contributed by atoms with Gasteiger partial charge in [0, 0.05) is 18.3 Å². The molecule has 1 atom stereocenters. The van der Waals surface area contributed by atoms with Gasteiger partial charge in [0.05, 0.1) is 17.2 Å². The first-order valence-electron chi connectivity index (χ1n) is 5.48. The number of carbonyl (C=O) groups excluding carboxylic acids is 1. The Morgan fingerprint density at radius 3 is 2.88 bits per heavy atom. The zero-order valence-corrected chi connectivity index (χ0v) is 10.8. The van der Waals surface area contributed by atoms with Gasteiger partial charge in [0.1, 0.15) is 0 Å². The van der Waals surface area contributed by atoms with Crippen molar-refractivity contribution in [1.29, 1.82) is 0 Å². The molecule has 1 rings (SSSR count). The van der Waals surface area contributed by atoms with Gasteiger partial charge in [-0.15, -0.1) is 0 Å². The second-order valence-electron chi connectivity index (χ2n) is 3.74. The quantitative estimate of drug-likeness (QED) is 0.793. The molecule has 0 aliphatic rings. The summed E-state index contributed by atoms with van der Waals surface area (Å²) in [4.78, 5) is 11.9. The lowest BCUT2D eigenvalue weighted by atomic mass is 10.1. The van der Waals surface area contributed by atoms with Crippen LogP contribution in [-0.4, -0.2) is 25.2 Å². The molecule has 1 aromatic rings. The maximum absolute atomic E-state index is 11.9. The van der Waals surface area contributed by atoms with E-state index < -0.39 is 0 Å². The molecule has 1 unspecified atom stereocenters. The van der Waals surface area contributed by atoms with Crippen LogP contribution >= 0.6 is 11.6 Å². The van der Waals surface area contributed by atoms with Gasteiger partial charge in [0.15, 0.2) is 0 Å². The summed E-state index contributed by atoms with van der Waals surface area (Å²) in [7, 11) is 0. The lowest BCUT2D eigenvalue weighted by molar-refractivity contribution is 0.0873. The molecular formula is C12H17ClN2O2. The highest BCUT2D eigenvalue weighted by Crippen LogP contribution is 2.21. The minimum Gasteiger partial charge on any atom is -0.398 e. The normalized spacial score (nSPS) is 12.2. The molecule has 0 saturated heterocycles. The van der Waals surface area contributed by atoms with Gasteiger partial charge in [-0.25, -0.2) is 0 Å². The first kappa shape index (κ1) is 13.8. The second kappa shape index (κ2) is 6.47. The molecule has 17 heavy (non-hydrogen) atoms. The fourth-order valence-corrected chi connectivity index (χ4v) is 1.68. The van der Waals surface area contributed by atoms with Gasteiger partial charge in [-0.2, -0.15) is 0 Å². The largest absolute Gasteiger partial charge is 0.398 e. The maximum Gasteiger partial charge on any atom is 0.255 e. The highest BCUT2D eigenvalue weighted by molar-refractivity contribution is 6.34. The minimum absolute atomic E-state index is 0.0851. The van der Waals surface area contributed by atoms with Crippen LogP contribution in [-0.2, 0) is 4.74 Å². The molecular weight excluding hydrogens is 240 g/mol. The average Bonchev–Trinajstić information content (AvgIpc) is 2.26. The van der Waals surface area contributed by atoms with Crippen molar-refractivity contribution in [3.05, 3.63) is 28.8 Å². The summed E-state index contributed by atoms with van der Waals surface area (Å²) >= 11 is 5.94. The van der Waals surface area contributed by atoms with Crippen LogP contribution in [0, 0.1) is 0 Å². The van der Waals surface area contributed by atoms with Crippen LogP contribution in [0.1, 0.15) is 24.2 Å². The predicted octanol–water partition coefficient (Wildman–Crippen LogP) is 2.08. The Morgan fingerprint density at radius 1 is 1.59 bits per heavy atom. The number of nitrogens with two attached hydrogens (primary N) is 1. The zero-order chi connectivity index (χ0) is 12.8.